The fourth-order valence-corrected chi connectivity index (χ4v) is 5.99. The van der Waals surface area contributed by atoms with E-state index in [2.05, 4.69) is 10.3 Å². The van der Waals surface area contributed by atoms with Gasteiger partial charge in [-0.25, -0.2) is 0 Å². The summed E-state index contributed by atoms with van der Waals surface area (Å²) < 4.78 is 0. The molecule has 5 rings (SSSR count). The summed E-state index contributed by atoms with van der Waals surface area (Å²) in [7, 11) is 0. The smallest absolute Gasteiger partial charge is 0.269 e. The van der Waals surface area contributed by atoms with Crippen LogP contribution < -0.4 is 5.32 Å². The number of piperazine rings is 1. The molecule has 3 amide bonds. The van der Waals surface area contributed by atoms with Gasteiger partial charge in [-0.3, -0.25) is 24.5 Å². The average Bonchev–Trinajstić information content (AvgIpc) is 3.71. The van der Waals surface area contributed by atoms with Gasteiger partial charge < -0.3 is 20.1 Å². The molecule has 3 unspecified atom stereocenters. The second-order valence-corrected chi connectivity index (χ2v) is 12.3. The number of nitro groups is 1. The quantitative estimate of drug-likeness (QED) is 0.326. The molecule has 0 radical (unpaired) electrons. The van der Waals surface area contributed by atoms with E-state index >= 15 is 0 Å². The van der Waals surface area contributed by atoms with Crippen LogP contribution in [-0.2, 0) is 9.59 Å². The fraction of sp³-hybridized carbons (Fsp3) is 0.452. The van der Waals surface area contributed by atoms with Crippen LogP contribution in [0.3, 0.4) is 0 Å². The van der Waals surface area contributed by atoms with Crippen molar-refractivity contribution in [2.75, 3.05) is 19.6 Å². The van der Waals surface area contributed by atoms with Gasteiger partial charge in [0.25, 0.3) is 11.6 Å². The van der Waals surface area contributed by atoms with Crippen molar-refractivity contribution >= 4 is 34.3 Å². The van der Waals surface area contributed by atoms with Gasteiger partial charge >= 0.3 is 0 Å². The highest BCUT2D eigenvalue weighted by Crippen LogP contribution is 2.42. The van der Waals surface area contributed by atoms with Crippen molar-refractivity contribution in [3.8, 4) is 0 Å². The average molecular weight is 560 g/mol. The van der Waals surface area contributed by atoms with E-state index in [0.717, 1.165) is 29.3 Å². The van der Waals surface area contributed by atoms with Crippen LogP contribution in [0.15, 0.2) is 54.7 Å². The highest BCUT2D eigenvalue weighted by Gasteiger charge is 2.44. The zero-order valence-electron chi connectivity index (χ0n) is 23.9. The van der Waals surface area contributed by atoms with E-state index in [1.54, 1.807) is 4.90 Å². The van der Waals surface area contributed by atoms with E-state index in [1.165, 1.54) is 24.3 Å². The van der Waals surface area contributed by atoms with Gasteiger partial charge in [0, 0.05) is 72.3 Å². The minimum Gasteiger partial charge on any atom is -0.361 e. The summed E-state index contributed by atoms with van der Waals surface area (Å²) in [4.78, 5) is 58.3. The number of carbonyl (C=O) groups is 3. The highest BCUT2D eigenvalue weighted by molar-refractivity contribution is 5.98. The van der Waals surface area contributed by atoms with Gasteiger partial charge in [-0.1, -0.05) is 39.0 Å². The number of rotatable bonds is 7. The zero-order valence-corrected chi connectivity index (χ0v) is 23.9. The third kappa shape index (κ3) is 5.82. The Balaban J connectivity index is 1.49. The van der Waals surface area contributed by atoms with Crippen molar-refractivity contribution in [3.63, 3.8) is 0 Å². The van der Waals surface area contributed by atoms with Gasteiger partial charge in [0.2, 0.25) is 11.8 Å². The Labute approximate surface area is 239 Å². The number of hydrogen-bond acceptors (Lipinski definition) is 5. The van der Waals surface area contributed by atoms with E-state index in [1.807, 2.05) is 63.1 Å². The molecule has 2 N–H and O–H groups in total. The minimum absolute atomic E-state index is 0.112. The number of hydrogen-bond donors (Lipinski definition) is 2. The molecule has 2 heterocycles. The van der Waals surface area contributed by atoms with E-state index in [9.17, 15) is 24.5 Å². The number of nitro benzene ring substituents is 1. The number of nitrogens with zero attached hydrogens (tertiary/aromatic N) is 3. The largest absolute Gasteiger partial charge is 0.361 e. The second-order valence-electron chi connectivity index (χ2n) is 12.3. The Hall–Kier alpha value is -4.21. The number of aromatic amines is 1. The normalized spacial score (nSPS) is 19.1. The number of carbonyl (C=O) groups excluding carboxylic acids is 3. The molecule has 216 valence electrons. The molecule has 1 aliphatic carbocycles. The van der Waals surface area contributed by atoms with Gasteiger partial charge in [-0.05, 0) is 48.9 Å². The van der Waals surface area contributed by atoms with Crippen LogP contribution in [0, 0.1) is 21.4 Å². The topological polar surface area (TPSA) is 129 Å². The van der Waals surface area contributed by atoms with Crippen LogP contribution >= 0.6 is 0 Å². The van der Waals surface area contributed by atoms with E-state index < -0.39 is 28.2 Å². The third-order valence-electron chi connectivity index (χ3n) is 8.26. The molecule has 10 nitrogen and oxygen atoms in total. The molecule has 1 saturated heterocycles. The SMILES string of the molecule is CC1CN(C(=O)C(NC(=O)c2ccc([N+](=O)[O-])cc2)C(c2c[nH]c3ccccc23)C(C)(C)C)CCN1C(=O)C1CC1. The van der Waals surface area contributed by atoms with Gasteiger partial charge in [-0.2, -0.15) is 0 Å². The number of fused-ring (bicyclic) bond motifs is 1. The first-order chi connectivity index (χ1) is 19.5. The first-order valence-electron chi connectivity index (χ1n) is 14.2. The van der Waals surface area contributed by atoms with Crippen molar-refractivity contribution in [1.29, 1.82) is 0 Å². The van der Waals surface area contributed by atoms with Gasteiger partial charge in [-0.15, -0.1) is 0 Å². The monoisotopic (exact) mass is 559 g/mol. The predicted octanol–water partition coefficient (Wildman–Crippen LogP) is 4.47. The molecular formula is C31H37N5O5. The second kappa shape index (κ2) is 11.0. The molecule has 41 heavy (non-hydrogen) atoms. The Morgan fingerprint density at radius 3 is 2.34 bits per heavy atom. The molecule has 3 aromatic rings. The standard InChI is InChI=1S/C31H37N5O5/c1-19-18-34(15-16-35(19)29(38)21-9-10-21)30(39)27(33-28(37)20-11-13-22(14-12-20)36(40)41)26(31(2,3)4)24-17-32-25-8-6-5-7-23(24)25/h5-8,11-14,17,19,21,26-27,32H,9-10,15-16,18H2,1-4H3,(H,33,37). The van der Waals surface area contributed by atoms with Crippen molar-refractivity contribution in [1.82, 2.24) is 20.1 Å². The van der Waals surface area contributed by atoms with Crippen molar-refractivity contribution in [2.45, 2.75) is 58.5 Å². The van der Waals surface area contributed by atoms with Gasteiger partial charge in [0.1, 0.15) is 6.04 Å². The molecule has 1 saturated carbocycles. The third-order valence-corrected chi connectivity index (χ3v) is 8.26. The number of nitrogens with one attached hydrogen (secondary N) is 2. The maximum Gasteiger partial charge on any atom is 0.269 e. The number of benzene rings is 2. The van der Waals surface area contributed by atoms with Crippen LogP contribution in [0.1, 0.15) is 62.4 Å². The summed E-state index contributed by atoms with van der Waals surface area (Å²) in [6, 6.07) is 12.2. The Morgan fingerprint density at radius 2 is 1.73 bits per heavy atom. The van der Waals surface area contributed by atoms with Crippen molar-refractivity contribution < 1.29 is 19.3 Å². The molecule has 3 atom stereocenters. The highest BCUT2D eigenvalue weighted by atomic mass is 16.6. The summed E-state index contributed by atoms with van der Waals surface area (Å²) in [5.41, 5.74) is 1.53. The number of aromatic nitrogens is 1. The summed E-state index contributed by atoms with van der Waals surface area (Å²) in [5.74, 6) is -0.826. The van der Waals surface area contributed by atoms with Crippen LogP contribution in [-0.4, -0.2) is 69.1 Å². The zero-order chi connectivity index (χ0) is 29.5. The predicted molar refractivity (Wildman–Crippen MR) is 155 cm³/mol. The summed E-state index contributed by atoms with van der Waals surface area (Å²) in [6.07, 6.45) is 3.77. The molecule has 0 bridgehead atoms. The first-order valence-corrected chi connectivity index (χ1v) is 14.2. The number of H-pyrrole nitrogens is 1. The lowest BCUT2D eigenvalue weighted by molar-refractivity contribution is -0.384. The lowest BCUT2D eigenvalue weighted by Crippen LogP contribution is -2.61. The number of para-hydroxylation sites is 1. The summed E-state index contributed by atoms with van der Waals surface area (Å²) in [5, 5.41) is 15.1. The summed E-state index contributed by atoms with van der Waals surface area (Å²) >= 11 is 0. The maximum absolute atomic E-state index is 14.4. The first kappa shape index (κ1) is 28.3. The molecule has 2 aromatic carbocycles. The minimum atomic E-state index is -0.921. The molecule has 1 aromatic heterocycles. The van der Waals surface area contributed by atoms with E-state index in [-0.39, 0.29) is 35.0 Å². The molecular weight excluding hydrogens is 522 g/mol. The van der Waals surface area contributed by atoms with Crippen LogP contribution in [0.25, 0.3) is 10.9 Å². The number of non-ortho nitro benzene ring substituents is 1. The lowest BCUT2D eigenvalue weighted by Gasteiger charge is -2.44. The van der Waals surface area contributed by atoms with E-state index in [0.29, 0.717) is 19.6 Å². The van der Waals surface area contributed by atoms with Crippen LogP contribution in [0.5, 0.6) is 0 Å². The van der Waals surface area contributed by atoms with Crippen molar-refractivity contribution in [3.05, 3.63) is 76.0 Å². The Kier molecular flexibility index (Phi) is 7.59. The number of amides is 3. The molecule has 2 aliphatic rings. The van der Waals surface area contributed by atoms with Gasteiger partial charge in [0.05, 0.1) is 4.92 Å². The Morgan fingerprint density at radius 1 is 1.05 bits per heavy atom. The van der Waals surface area contributed by atoms with Crippen LogP contribution in [0.4, 0.5) is 5.69 Å². The van der Waals surface area contributed by atoms with Crippen molar-refractivity contribution in [2.24, 2.45) is 11.3 Å². The fourth-order valence-electron chi connectivity index (χ4n) is 5.99. The molecule has 2 fully saturated rings. The molecule has 0 spiro atoms. The molecule has 1 aliphatic heterocycles. The maximum atomic E-state index is 14.4. The van der Waals surface area contributed by atoms with Crippen LogP contribution in [0.2, 0.25) is 0 Å². The Bertz CT molecular complexity index is 1470. The van der Waals surface area contributed by atoms with Gasteiger partial charge in [0.15, 0.2) is 0 Å². The lowest BCUT2D eigenvalue weighted by atomic mass is 9.71. The molecule has 10 heteroatoms. The summed E-state index contributed by atoms with van der Waals surface area (Å²) in [6.45, 7) is 9.33. The van der Waals surface area contributed by atoms with E-state index in [4.69, 9.17) is 0 Å².